The predicted molar refractivity (Wildman–Crippen MR) is 98.4 cm³/mol. The minimum absolute atomic E-state index is 0.0770. The highest BCUT2D eigenvalue weighted by Gasteiger charge is 2.34. The van der Waals surface area contributed by atoms with E-state index in [4.69, 9.17) is 4.74 Å². The number of hydrogen-bond acceptors (Lipinski definition) is 4. The Labute approximate surface area is 158 Å². The molecule has 2 aromatic heterocycles. The summed E-state index contributed by atoms with van der Waals surface area (Å²) in [6, 6.07) is 14.8. The standard InChI is InChI=1S/C20H15F3N4O/c1-12-24-15-5-3-4-6-17(15)27(12)19-25-16(11-18(26-19)20(21,22)23)13-7-9-14(28-2)10-8-13/h3-11H,1-2H3. The zero-order valence-corrected chi connectivity index (χ0v) is 15.0. The van der Waals surface area contributed by atoms with Crippen molar-refractivity contribution in [3.05, 3.63) is 66.1 Å². The molecule has 0 unspecified atom stereocenters. The maximum atomic E-state index is 13.5. The van der Waals surface area contributed by atoms with Gasteiger partial charge >= 0.3 is 6.18 Å². The van der Waals surface area contributed by atoms with Gasteiger partial charge in [0.25, 0.3) is 0 Å². The van der Waals surface area contributed by atoms with Gasteiger partial charge in [0, 0.05) is 5.56 Å². The molecule has 0 aliphatic rings. The summed E-state index contributed by atoms with van der Waals surface area (Å²) in [7, 11) is 1.52. The second-order valence-electron chi connectivity index (χ2n) is 6.15. The molecular formula is C20H15F3N4O. The zero-order chi connectivity index (χ0) is 19.9. The summed E-state index contributed by atoms with van der Waals surface area (Å²) < 4.78 is 47.1. The van der Waals surface area contributed by atoms with Gasteiger partial charge in [-0.3, -0.25) is 4.57 Å². The van der Waals surface area contributed by atoms with E-state index in [0.717, 1.165) is 6.07 Å². The summed E-state index contributed by atoms with van der Waals surface area (Å²) >= 11 is 0. The number of methoxy groups -OCH3 is 1. The number of para-hydroxylation sites is 2. The van der Waals surface area contributed by atoms with E-state index in [0.29, 0.717) is 28.2 Å². The van der Waals surface area contributed by atoms with Gasteiger partial charge in [-0.15, -0.1) is 0 Å². The molecule has 8 heteroatoms. The monoisotopic (exact) mass is 384 g/mol. The Morgan fingerprint density at radius 3 is 2.32 bits per heavy atom. The van der Waals surface area contributed by atoms with E-state index < -0.39 is 11.9 Å². The molecule has 0 aliphatic heterocycles. The summed E-state index contributed by atoms with van der Waals surface area (Å²) in [5.41, 5.74) is 0.974. The van der Waals surface area contributed by atoms with Crippen LogP contribution in [-0.2, 0) is 6.18 Å². The first-order valence-corrected chi connectivity index (χ1v) is 8.42. The van der Waals surface area contributed by atoms with Crippen molar-refractivity contribution in [2.75, 3.05) is 7.11 Å². The number of hydrogen-bond donors (Lipinski definition) is 0. The number of aryl methyl sites for hydroxylation is 1. The molecule has 0 amide bonds. The van der Waals surface area contributed by atoms with E-state index in [1.165, 1.54) is 11.7 Å². The molecule has 2 heterocycles. The number of halogens is 3. The maximum absolute atomic E-state index is 13.5. The van der Waals surface area contributed by atoms with Crippen molar-refractivity contribution < 1.29 is 17.9 Å². The molecule has 0 saturated carbocycles. The molecule has 0 saturated heterocycles. The molecule has 0 aliphatic carbocycles. The predicted octanol–water partition coefficient (Wildman–Crippen LogP) is 4.82. The molecule has 0 fully saturated rings. The Morgan fingerprint density at radius 2 is 1.64 bits per heavy atom. The van der Waals surface area contributed by atoms with Crippen LogP contribution < -0.4 is 4.74 Å². The van der Waals surface area contributed by atoms with Gasteiger partial charge in [0.1, 0.15) is 11.6 Å². The van der Waals surface area contributed by atoms with Crippen molar-refractivity contribution in [3.63, 3.8) is 0 Å². The van der Waals surface area contributed by atoms with Crippen LogP contribution in [0, 0.1) is 6.92 Å². The number of nitrogens with zero attached hydrogens (tertiary/aromatic N) is 4. The molecule has 0 spiro atoms. The maximum Gasteiger partial charge on any atom is 0.433 e. The fourth-order valence-corrected chi connectivity index (χ4v) is 2.99. The topological polar surface area (TPSA) is 52.8 Å². The molecule has 28 heavy (non-hydrogen) atoms. The SMILES string of the molecule is COc1ccc(-c2cc(C(F)(F)F)nc(-n3c(C)nc4ccccc43)n2)cc1. The molecule has 142 valence electrons. The Morgan fingerprint density at radius 1 is 0.929 bits per heavy atom. The van der Waals surface area contributed by atoms with Crippen LogP contribution in [0.25, 0.3) is 28.2 Å². The summed E-state index contributed by atoms with van der Waals surface area (Å²) in [5, 5.41) is 0. The van der Waals surface area contributed by atoms with Crippen LogP contribution >= 0.6 is 0 Å². The summed E-state index contributed by atoms with van der Waals surface area (Å²) in [4.78, 5) is 12.6. The number of benzene rings is 2. The van der Waals surface area contributed by atoms with Gasteiger partial charge < -0.3 is 4.74 Å². The molecule has 4 aromatic rings. The molecule has 0 radical (unpaired) electrons. The van der Waals surface area contributed by atoms with E-state index in [2.05, 4.69) is 15.0 Å². The van der Waals surface area contributed by atoms with Crippen LogP contribution in [0.4, 0.5) is 13.2 Å². The molecule has 2 aromatic carbocycles. The lowest BCUT2D eigenvalue weighted by atomic mass is 10.1. The van der Waals surface area contributed by atoms with Gasteiger partial charge in [0.2, 0.25) is 5.95 Å². The average molecular weight is 384 g/mol. The van der Waals surface area contributed by atoms with Crippen LogP contribution in [0.15, 0.2) is 54.6 Å². The number of fused-ring (bicyclic) bond motifs is 1. The van der Waals surface area contributed by atoms with Crippen molar-refractivity contribution in [2.24, 2.45) is 0 Å². The summed E-state index contributed by atoms with van der Waals surface area (Å²) in [6.07, 6.45) is -4.61. The minimum Gasteiger partial charge on any atom is -0.497 e. The lowest BCUT2D eigenvalue weighted by Crippen LogP contribution is -2.13. The fourth-order valence-electron chi connectivity index (χ4n) is 2.99. The van der Waals surface area contributed by atoms with Crippen molar-refractivity contribution in [3.8, 4) is 23.0 Å². The van der Waals surface area contributed by atoms with E-state index >= 15 is 0 Å². The molecule has 0 bridgehead atoms. The van der Waals surface area contributed by atoms with Gasteiger partial charge in [-0.1, -0.05) is 12.1 Å². The van der Waals surface area contributed by atoms with E-state index in [1.807, 2.05) is 6.07 Å². The highest BCUT2D eigenvalue weighted by molar-refractivity contribution is 5.77. The first kappa shape index (κ1) is 18.0. The molecule has 4 rings (SSSR count). The van der Waals surface area contributed by atoms with Crippen LogP contribution in [0.5, 0.6) is 5.75 Å². The molecule has 0 N–H and O–H groups in total. The summed E-state index contributed by atoms with van der Waals surface area (Å²) in [6.45, 7) is 1.71. The minimum atomic E-state index is -4.61. The highest BCUT2D eigenvalue weighted by Crippen LogP contribution is 2.32. The Balaban J connectivity index is 1.95. The third-order valence-corrected chi connectivity index (χ3v) is 4.32. The highest BCUT2D eigenvalue weighted by atomic mass is 19.4. The van der Waals surface area contributed by atoms with Crippen LogP contribution in [-0.4, -0.2) is 26.6 Å². The normalized spacial score (nSPS) is 11.8. The molecular weight excluding hydrogens is 369 g/mol. The van der Waals surface area contributed by atoms with Crippen molar-refractivity contribution in [1.29, 1.82) is 0 Å². The Bertz CT molecular complexity index is 1150. The van der Waals surface area contributed by atoms with E-state index in [-0.39, 0.29) is 11.6 Å². The van der Waals surface area contributed by atoms with Crippen LogP contribution in [0.2, 0.25) is 0 Å². The van der Waals surface area contributed by atoms with E-state index in [1.54, 1.807) is 49.4 Å². The third-order valence-electron chi connectivity index (χ3n) is 4.32. The Kier molecular flexibility index (Phi) is 4.26. The van der Waals surface area contributed by atoms with Gasteiger partial charge in [-0.05, 0) is 49.4 Å². The van der Waals surface area contributed by atoms with Crippen molar-refractivity contribution in [2.45, 2.75) is 13.1 Å². The van der Waals surface area contributed by atoms with Gasteiger partial charge in [-0.2, -0.15) is 13.2 Å². The molecule has 5 nitrogen and oxygen atoms in total. The zero-order valence-electron chi connectivity index (χ0n) is 15.0. The third kappa shape index (κ3) is 3.17. The second kappa shape index (κ2) is 6.63. The largest absolute Gasteiger partial charge is 0.497 e. The quantitative estimate of drug-likeness (QED) is 0.508. The van der Waals surface area contributed by atoms with Gasteiger partial charge in [-0.25, -0.2) is 15.0 Å². The average Bonchev–Trinajstić information content (AvgIpc) is 3.02. The second-order valence-corrected chi connectivity index (χ2v) is 6.15. The van der Waals surface area contributed by atoms with Crippen LogP contribution in [0.3, 0.4) is 0 Å². The summed E-state index contributed by atoms with van der Waals surface area (Å²) in [5.74, 6) is 1.03. The van der Waals surface area contributed by atoms with Crippen LogP contribution in [0.1, 0.15) is 11.5 Å². The van der Waals surface area contributed by atoms with Gasteiger partial charge in [0.05, 0.1) is 23.8 Å². The van der Waals surface area contributed by atoms with E-state index in [9.17, 15) is 13.2 Å². The van der Waals surface area contributed by atoms with Crippen molar-refractivity contribution >= 4 is 11.0 Å². The lowest BCUT2D eigenvalue weighted by molar-refractivity contribution is -0.141. The first-order chi connectivity index (χ1) is 13.4. The lowest BCUT2D eigenvalue weighted by Gasteiger charge is -2.12. The number of aromatic nitrogens is 4. The first-order valence-electron chi connectivity index (χ1n) is 8.42. The Hall–Kier alpha value is -3.42. The van der Waals surface area contributed by atoms with Crippen molar-refractivity contribution in [1.82, 2.24) is 19.5 Å². The molecule has 0 atom stereocenters. The smallest absolute Gasteiger partial charge is 0.433 e. The number of alkyl halides is 3. The fraction of sp³-hybridized carbons (Fsp3) is 0.150. The number of imidazole rings is 1. The van der Waals surface area contributed by atoms with Gasteiger partial charge in [0.15, 0.2) is 5.69 Å². The number of rotatable bonds is 3. The number of ether oxygens (including phenoxy) is 1.